The van der Waals surface area contributed by atoms with Crippen molar-refractivity contribution in [3.8, 4) is 0 Å². The van der Waals surface area contributed by atoms with Gasteiger partial charge in [-0.15, -0.1) is 0 Å². The van der Waals surface area contributed by atoms with E-state index in [1.54, 1.807) is 0 Å². The standard InChI is InChI=1S/C15H22N2S/c1-2-9-17(10-3-1)15-6-4-13(5-7-15)16-14-8-11-18-12-14/h4-7,14,16H,1-3,8-12H2. The summed E-state index contributed by atoms with van der Waals surface area (Å²) in [5.41, 5.74) is 2.67. The second-order valence-corrected chi connectivity index (χ2v) is 6.45. The average molecular weight is 262 g/mol. The molecule has 3 heteroatoms. The van der Waals surface area contributed by atoms with Gasteiger partial charge < -0.3 is 10.2 Å². The van der Waals surface area contributed by atoms with Crippen LogP contribution in [0.5, 0.6) is 0 Å². The minimum atomic E-state index is 0.677. The van der Waals surface area contributed by atoms with Crippen LogP contribution in [0.15, 0.2) is 24.3 Å². The van der Waals surface area contributed by atoms with E-state index in [1.807, 2.05) is 0 Å². The van der Waals surface area contributed by atoms with E-state index in [-0.39, 0.29) is 0 Å². The first-order valence-electron chi connectivity index (χ1n) is 7.11. The summed E-state index contributed by atoms with van der Waals surface area (Å²) < 4.78 is 0. The summed E-state index contributed by atoms with van der Waals surface area (Å²) in [5.74, 6) is 2.57. The van der Waals surface area contributed by atoms with Gasteiger partial charge in [0.1, 0.15) is 0 Å². The van der Waals surface area contributed by atoms with Crippen LogP contribution in [0, 0.1) is 0 Å². The van der Waals surface area contributed by atoms with Gasteiger partial charge >= 0.3 is 0 Å². The lowest BCUT2D eigenvalue weighted by atomic mass is 10.1. The van der Waals surface area contributed by atoms with Crippen molar-refractivity contribution in [1.29, 1.82) is 0 Å². The van der Waals surface area contributed by atoms with E-state index in [4.69, 9.17) is 0 Å². The Labute approximate surface area is 114 Å². The van der Waals surface area contributed by atoms with E-state index in [2.05, 4.69) is 46.2 Å². The molecule has 1 atom stereocenters. The van der Waals surface area contributed by atoms with E-state index in [0.717, 1.165) is 0 Å². The summed E-state index contributed by atoms with van der Waals surface area (Å²) in [4.78, 5) is 2.51. The van der Waals surface area contributed by atoms with Crippen LogP contribution in [0.25, 0.3) is 0 Å². The van der Waals surface area contributed by atoms with Crippen molar-refractivity contribution in [3.63, 3.8) is 0 Å². The number of thioether (sulfide) groups is 1. The molecule has 2 aliphatic rings. The fourth-order valence-corrected chi connectivity index (χ4v) is 3.96. The zero-order chi connectivity index (χ0) is 12.2. The highest BCUT2D eigenvalue weighted by atomic mass is 32.2. The third kappa shape index (κ3) is 2.94. The van der Waals surface area contributed by atoms with Gasteiger partial charge in [-0.3, -0.25) is 0 Å². The number of benzene rings is 1. The van der Waals surface area contributed by atoms with Gasteiger partial charge in [0, 0.05) is 36.3 Å². The zero-order valence-electron chi connectivity index (χ0n) is 10.9. The summed E-state index contributed by atoms with van der Waals surface area (Å²) >= 11 is 2.06. The maximum absolute atomic E-state index is 3.63. The van der Waals surface area contributed by atoms with Crippen molar-refractivity contribution >= 4 is 23.1 Å². The van der Waals surface area contributed by atoms with E-state index in [1.165, 1.54) is 61.7 Å². The van der Waals surface area contributed by atoms with Gasteiger partial charge in [0.05, 0.1) is 0 Å². The van der Waals surface area contributed by atoms with Crippen LogP contribution in [-0.4, -0.2) is 30.6 Å². The topological polar surface area (TPSA) is 15.3 Å². The Morgan fingerprint density at radius 3 is 2.50 bits per heavy atom. The average Bonchev–Trinajstić information content (AvgIpc) is 2.94. The number of hydrogen-bond acceptors (Lipinski definition) is 3. The molecule has 1 unspecified atom stereocenters. The number of piperidine rings is 1. The Morgan fingerprint density at radius 2 is 1.83 bits per heavy atom. The Morgan fingerprint density at radius 1 is 1.06 bits per heavy atom. The molecule has 1 aromatic rings. The molecule has 1 aromatic carbocycles. The highest BCUT2D eigenvalue weighted by Gasteiger charge is 2.15. The maximum atomic E-state index is 3.63. The van der Waals surface area contributed by atoms with Crippen LogP contribution in [-0.2, 0) is 0 Å². The minimum Gasteiger partial charge on any atom is -0.381 e. The Balaban J connectivity index is 1.60. The molecule has 2 fully saturated rings. The van der Waals surface area contributed by atoms with Crippen molar-refractivity contribution in [1.82, 2.24) is 0 Å². The molecule has 18 heavy (non-hydrogen) atoms. The molecule has 0 bridgehead atoms. The van der Waals surface area contributed by atoms with Gasteiger partial charge in [0.2, 0.25) is 0 Å². The molecule has 1 N–H and O–H groups in total. The molecule has 0 saturated carbocycles. The normalized spacial score (nSPS) is 24.2. The lowest BCUT2D eigenvalue weighted by molar-refractivity contribution is 0.578. The van der Waals surface area contributed by atoms with Gasteiger partial charge in [-0.25, -0.2) is 0 Å². The number of anilines is 2. The Hall–Kier alpha value is -0.830. The summed E-state index contributed by atoms with van der Waals surface area (Å²) in [7, 11) is 0. The molecule has 2 nitrogen and oxygen atoms in total. The molecule has 2 heterocycles. The molecule has 0 aliphatic carbocycles. The molecule has 2 saturated heterocycles. The quantitative estimate of drug-likeness (QED) is 0.896. The van der Waals surface area contributed by atoms with Crippen LogP contribution in [0.2, 0.25) is 0 Å². The minimum absolute atomic E-state index is 0.677. The van der Waals surface area contributed by atoms with Gasteiger partial charge in [0.25, 0.3) is 0 Å². The SMILES string of the molecule is c1cc(N2CCCCC2)ccc1NC1CCSC1. The fourth-order valence-electron chi connectivity index (χ4n) is 2.80. The van der Waals surface area contributed by atoms with Crippen LogP contribution < -0.4 is 10.2 Å². The van der Waals surface area contributed by atoms with Crippen LogP contribution in [0.4, 0.5) is 11.4 Å². The van der Waals surface area contributed by atoms with Crippen LogP contribution in [0.1, 0.15) is 25.7 Å². The first-order valence-corrected chi connectivity index (χ1v) is 8.26. The highest BCUT2D eigenvalue weighted by molar-refractivity contribution is 7.99. The molecule has 0 radical (unpaired) electrons. The molecule has 3 rings (SSSR count). The van der Waals surface area contributed by atoms with Gasteiger partial charge in [-0.2, -0.15) is 11.8 Å². The molecule has 98 valence electrons. The van der Waals surface area contributed by atoms with Gasteiger partial charge in [-0.1, -0.05) is 0 Å². The number of hydrogen-bond donors (Lipinski definition) is 1. The first kappa shape index (κ1) is 12.2. The number of nitrogens with zero attached hydrogens (tertiary/aromatic N) is 1. The van der Waals surface area contributed by atoms with Crippen LogP contribution >= 0.6 is 11.8 Å². The third-order valence-electron chi connectivity index (χ3n) is 3.89. The monoisotopic (exact) mass is 262 g/mol. The lowest BCUT2D eigenvalue weighted by Gasteiger charge is -2.29. The van der Waals surface area contributed by atoms with Crippen molar-refractivity contribution in [2.24, 2.45) is 0 Å². The van der Waals surface area contributed by atoms with E-state index >= 15 is 0 Å². The Kier molecular flexibility index (Phi) is 3.99. The predicted molar refractivity (Wildman–Crippen MR) is 81.9 cm³/mol. The van der Waals surface area contributed by atoms with Crippen molar-refractivity contribution in [2.45, 2.75) is 31.7 Å². The van der Waals surface area contributed by atoms with Crippen molar-refractivity contribution in [2.75, 3.05) is 34.8 Å². The molecule has 0 spiro atoms. The summed E-state index contributed by atoms with van der Waals surface area (Å²) in [6.45, 7) is 2.46. The van der Waals surface area contributed by atoms with E-state index in [0.29, 0.717) is 6.04 Å². The molecule has 0 aromatic heterocycles. The van der Waals surface area contributed by atoms with E-state index in [9.17, 15) is 0 Å². The molecular weight excluding hydrogens is 240 g/mol. The molecule has 0 amide bonds. The van der Waals surface area contributed by atoms with E-state index < -0.39 is 0 Å². The second kappa shape index (κ2) is 5.87. The van der Waals surface area contributed by atoms with Crippen LogP contribution in [0.3, 0.4) is 0 Å². The van der Waals surface area contributed by atoms with Gasteiger partial charge in [0.15, 0.2) is 0 Å². The second-order valence-electron chi connectivity index (χ2n) is 5.30. The number of nitrogens with one attached hydrogen (secondary N) is 1. The summed E-state index contributed by atoms with van der Waals surface area (Å²) in [6.07, 6.45) is 5.40. The predicted octanol–water partition coefficient (Wildman–Crippen LogP) is 3.59. The smallest absolute Gasteiger partial charge is 0.0367 e. The summed E-state index contributed by atoms with van der Waals surface area (Å²) in [5, 5.41) is 3.63. The zero-order valence-corrected chi connectivity index (χ0v) is 11.7. The molecule has 2 aliphatic heterocycles. The summed E-state index contributed by atoms with van der Waals surface area (Å²) in [6, 6.07) is 9.71. The van der Waals surface area contributed by atoms with Gasteiger partial charge in [-0.05, 0) is 55.7 Å². The van der Waals surface area contributed by atoms with Crippen molar-refractivity contribution < 1.29 is 0 Å². The Bertz CT molecular complexity index is 365. The first-order chi connectivity index (χ1) is 8.92. The maximum Gasteiger partial charge on any atom is 0.0367 e. The van der Waals surface area contributed by atoms with Crippen molar-refractivity contribution in [3.05, 3.63) is 24.3 Å². The largest absolute Gasteiger partial charge is 0.381 e. The number of rotatable bonds is 3. The lowest BCUT2D eigenvalue weighted by Crippen LogP contribution is -2.29. The fraction of sp³-hybridized carbons (Fsp3) is 0.600. The molecular formula is C15H22N2S. The highest BCUT2D eigenvalue weighted by Crippen LogP contribution is 2.24. The third-order valence-corrected chi connectivity index (χ3v) is 5.05.